The van der Waals surface area contributed by atoms with Crippen LogP contribution >= 0.6 is 15.9 Å². The van der Waals surface area contributed by atoms with E-state index in [4.69, 9.17) is 9.16 Å². The fourth-order valence-electron chi connectivity index (χ4n) is 2.55. The summed E-state index contributed by atoms with van der Waals surface area (Å²) < 4.78 is 13.4. The zero-order valence-electron chi connectivity index (χ0n) is 17.8. The maximum atomic E-state index is 6.41. The van der Waals surface area contributed by atoms with Gasteiger partial charge in [0.1, 0.15) is 11.5 Å². The predicted molar refractivity (Wildman–Crippen MR) is 120 cm³/mol. The second-order valence-corrected chi connectivity index (χ2v) is 14.4. The Kier molecular flexibility index (Phi) is 10.3. The van der Waals surface area contributed by atoms with Crippen LogP contribution < -0.4 is 9.16 Å². The van der Waals surface area contributed by atoms with Crippen LogP contribution in [0.1, 0.15) is 79.1 Å². The normalized spacial score (nSPS) is 12.3. The Balaban J connectivity index is 2.41. The van der Waals surface area contributed by atoms with Gasteiger partial charge < -0.3 is 9.16 Å². The van der Waals surface area contributed by atoms with E-state index in [-0.39, 0.29) is 5.04 Å². The molecule has 0 saturated heterocycles. The summed E-state index contributed by atoms with van der Waals surface area (Å²) in [7, 11) is -1.83. The molecular weight excluding hydrogens is 404 g/mol. The van der Waals surface area contributed by atoms with Crippen molar-refractivity contribution in [2.45, 2.75) is 97.2 Å². The Morgan fingerprint density at radius 2 is 1.38 bits per heavy atom. The van der Waals surface area contributed by atoms with Crippen LogP contribution in [0.25, 0.3) is 0 Å². The van der Waals surface area contributed by atoms with Crippen molar-refractivity contribution in [3.05, 3.63) is 22.7 Å². The van der Waals surface area contributed by atoms with Crippen molar-refractivity contribution in [1.82, 2.24) is 0 Å². The van der Waals surface area contributed by atoms with Gasteiger partial charge in [-0.15, -0.1) is 0 Å². The maximum absolute atomic E-state index is 6.41. The van der Waals surface area contributed by atoms with Gasteiger partial charge in [0.25, 0.3) is 0 Å². The lowest BCUT2D eigenvalue weighted by molar-refractivity contribution is 0.303. The minimum atomic E-state index is -1.83. The smallest absolute Gasteiger partial charge is 0.250 e. The van der Waals surface area contributed by atoms with Crippen molar-refractivity contribution in [2.75, 3.05) is 6.61 Å². The second-order valence-electron chi connectivity index (χ2n) is 8.81. The fourth-order valence-corrected chi connectivity index (χ4v) is 4.02. The van der Waals surface area contributed by atoms with E-state index in [2.05, 4.69) is 56.7 Å². The topological polar surface area (TPSA) is 18.5 Å². The fraction of sp³-hybridized carbons (Fsp3) is 0.727. The second kappa shape index (κ2) is 11.4. The molecule has 0 radical (unpaired) electrons. The summed E-state index contributed by atoms with van der Waals surface area (Å²) >= 11 is 3.59. The van der Waals surface area contributed by atoms with Crippen LogP contribution in [0.2, 0.25) is 18.1 Å². The van der Waals surface area contributed by atoms with Gasteiger partial charge in [0, 0.05) is 10.5 Å². The molecule has 1 aromatic rings. The van der Waals surface area contributed by atoms with E-state index in [1.807, 2.05) is 18.2 Å². The third kappa shape index (κ3) is 8.94. The molecule has 0 amide bonds. The molecule has 1 aromatic carbocycles. The van der Waals surface area contributed by atoms with Gasteiger partial charge in [0.2, 0.25) is 8.32 Å². The van der Waals surface area contributed by atoms with Crippen LogP contribution in [0.3, 0.4) is 0 Å². The van der Waals surface area contributed by atoms with Gasteiger partial charge in [-0.2, -0.15) is 0 Å². The summed E-state index contributed by atoms with van der Waals surface area (Å²) in [6.45, 7) is 14.4. The lowest BCUT2D eigenvalue weighted by atomic mass is 10.1. The van der Waals surface area contributed by atoms with Crippen molar-refractivity contribution in [1.29, 1.82) is 0 Å². The van der Waals surface area contributed by atoms with Crippen LogP contribution in [-0.4, -0.2) is 14.9 Å². The van der Waals surface area contributed by atoms with E-state index < -0.39 is 8.32 Å². The summed E-state index contributed by atoms with van der Waals surface area (Å²) in [4.78, 5) is 0. The molecule has 0 spiro atoms. The van der Waals surface area contributed by atoms with Crippen molar-refractivity contribution in [3.8, 4) is 11.5 Å². The number of unbranched alkanes of at least 4 members (excludes halogenated alkanes) is 7. The Morgan fingerprint density at radius 1 is 0.846 bits per heavy atom. The number of benzene rings is 1. The number of ether oxygens (including phenoxy) is 1. The van der Waals surface area contributed by atoms with Crippen LogP contribution in [0.15, 0.2) is 22.7 Å². The number of halogens is 1. The van der Waals surface area contributed by atoms with E-state index in [0.717, 1.165) is 29.0 Å². The molecule has 0 fully saturated rings. The Bertz CT molecular complexity index is 523. The van der Waals surface area contributed by atoms with Gasteiger partial charge in [-0.1, -0.05) is 88.6 Å². The molecule has 4 heteroatoms. The van der Waals surface area contributed by atoms with E-state index >= 15 is 0 Å². The standard InChI is InChI=1S/C22H39BrO2Si/c1-7-8-9-10-11-12-13-14-15-24-20-16-19(23)17-21(18-20)25-26(5,6)22(2,3)4/h16-18H,7-15H2,1-6H3. The first-order valence-electron chi connectivity index (χ1n) is 10.3. The third-order valence-electron chi connectivity index (χ3n) is 5.29. The molecule has 0 unspecified atom stereocenters. The molecule has 1 rings (SSSR count). The molecule has 26 heavy (non-hydrogen) atoms. The molecule has 0 saturated carbocycles. The molecule has 0 aromatic heterocycles. The van der Waals surface area contributed by atoms with Gasteiger partial charge in [-0.05, 0) is 36.7 Å². The number of hydrogen-bond donors (Lipinski definition) is 0. The first-order chi connectivity index (χ1) is 12.2. The summed E-state index contributed by atoms with van der Waals surface area (Å²) in [6.07, 6.45) is 10.5. The highest BCUT2D eigenvalue weighted by Gasteiger charge is 2.39. The lowest BCUT2D eigenvalue weighted by Gasteiger charge is -2.36. The molecular formula is C22H39BrO2Si. The van der Waals surface area contributed by atoms with Crippen LogP contribution in [0, 0.1) is 0 Å². The van der Waals surface area contributed by atoms with E-state index in [0.29, 0.717) is 0 Å². The van der Waals surface area contributed by atoms with Gasteiger partial charge >= 0.3 is 0 Å². The molecule has 0 aliphatic rings. The molecule has 150 valence electrons. The highest BCUT2D eigenvalue weighted by atomic mass is 79.9. The zero-order valence-corrected chi connectivity index (χ0v) is 20.4. The lowest BCUT2D eigenvalue weighted by Crippen LogP contribution is -2.43. The molecule has 0 heterocycles. The van der Waals surface area contributed by atoms with Crippen LogP contribution in [-0.2, 0) is 0 Å². The Hall–Kier alpha value is -0.483. The highest BCUT2D eigenvalue weighted by molar-refractivity contribution is 9.10. The van der Waals surface area contributed by atoms with Crippen LogP contribution in [0.4, 0.5) is 0 Å². The Labute approximate surface area is 171 Å². The maximum Gasteiger partial charge on any atom is 0.250 e. The molecule has 0 aliphatic heterocycles. The summed E-state index contributed by atoms with van der Waals surface area (Å²) in [6, 6.07) is 6.11. The van der Waals surface area contributed by atoms with Gasteiger partial charge in [0.15, 0.2) is 0 Å². The molecule has 0 N–H and O–H groups in total. The quantitative estimate of drug-likeness (QED) is 0.239. The van der Waals surface area contributed by atoms with E-state index in [1.54, 1.807) is 0 Å². The summed E-state index contributed by atoms with van der Waals surface area (Å²) in [5, 5.41) is 0.188. The molecule has 0 bridgehead atoms. The number of rotatable bonds is 12. The predicted octanol–water partition coefficient (Wildman–Crippen LogP) is 8.35. The van der Waals surface area contributed by atoms with Crippen molar-refractivity contribution in [2.24, 2.45) is 0 Å². The summed E-state index contributed by atoms with van der Waals surface area (Å²) in [5.74, 6) is 1.81. The average Bonchev–Trinajstić information content (AvgIpc) is 2.51. The monoisotopic (exact) mass is 442 g/mol. The summed E-state index contributed by atoms with van der Waals surface area (Å²) in [5.41, 5.74) is 0. The van der Waals surface area contributed by atoms with Crippen molar-refractivity contribution >= 4 is 24.2 Å². The zero-order chi connectivity index (χ0) is 19.6. The van der Waals surface area contributed by atoms with Crippen molar-refractivity contribution in [3.63, 3.8) is 0 Å². The van der Waals surface area contributed by atoms with Gasteiger partial charge in [0.05, 0.1) is 6.61 Å². The molecule has 2 nitrogen and oxygen atoms in total. The van der Waals surface area contributed by atoms with Crippen LogP contribution in [0.5, 0.6) is 11.5 Å². The van der Waals surface area contributed by atoms with Crippen molar-refractivity contribution < 1.29 is 9.16 Å². The van der Waals surface area contributed by atoms with Gasteiger partial charge in [-0.3, -0.25) is 0 Å². The SMILES string of the molecule is CCCCCCCCCCOc1cc(Br)cc(O[Si](C)(C)C(C)(C)C)c1. The molecule has 0 atom stereocenters. The first kappa shape index (κ1) is 23.6. The van der Waals surface area contributed by atoms with E-state index in [9.17, 15) is 0 Å². The first-order valence-corrected chi connectivity index (χ1v) is 14.0. The molecule has 0 aliphatic carbocycles. The third-order valence-corrected chi connectivity index (χ3v) is 10.1. The van der Waals surface area contributed by atoms with E-state index in [1.165, 1.54) is 44.9 Å². The Morgan fingerprint density at radius 3 is 1.96 bits per heavy atom. The highest BCUT2D eigenvalue weighted by Crippen LogP contribution is 2.38. The minimum absolute atomic E-state index is 0.188. The minimum Gasteiger partial charge on any atom is -0.543 e. The average molecular weight is 444 g/mol. The van der Waals surface area contributed by atoms with Gasteiger partial charge in [-0.25, -0.2) is 0 Å². The number of hydrogen-bond acceptors (Lipinski definition) is 2. The largest absolute Gasteiger partial charge is 0.543 e.